The van der Waals surface area contributed by atoms with Crippen molar-refractivity contribution < 1.29 is 28.7 Å². The van der Waals surface area contributed by atoms with Gasteiger partial charge in [0.1, 0.15) is 11.5 Å². The van der Waals surface area contributed by atoms with Crippen LogP contribution in [0.5, 0.6) is 11.5 Å². The number of carbonyl (C=O) groups is 4. The summed E-state index contributed by atoms with van der Waals surface area (Å²) in [5.74, 6) is 2.84. The molecule has 49 heavy (non-hydrogen) atoms. The Morgan fingerprint density at radius 1 is 0.571 bits per heavy atom. The molecule has 2 aromatic rings. The molecule has 4 aliphatic rings. The van der Waals surface area contributed by atoms with Crippen molar-refractivity contribution in [2.75, 3.05) is 13.2 Å². The first-order chi connectivity index (χ1) is 23.4. The molecule has 2 heterocycles. The summed E-state index contributed by atoms with van der Waals surface area (Å²) in [5.41, 5.74) is 1.77. The topological polar surface area (TPSA) is 111 Å². The van der Waals surface area contributed by atoms with Crippen molar-refractivity contribution in [3.05, 3.63) is 69.5 Å². The Labute approximate surface area is 302 Å². The molecular weight excluding hydrogens is 676 g/mol. The van der Waals surface area contributed by atoms with E-state index in [9.17, 15) is 19.2 Å². The summed E-state index contributed by atoms with van der Waals surface area (Å²) >= 11 is 1.87. The molecule has 2 aromatic carbocycles. The van der Waals surface area contributed by atoms with Crippen LogP contribution in [-0.2, 0) is 9.59 Å². The van der Waals surface area contributed by atoms with Crippen molar-refractivity contribution in [3.63, 3.8) is 0 Å². The van der Waals surface area contributed by atoms with Gasteiger partial charge < -0.3 is 9.47 Å². The zero-order valence-corrected chi connectivity index (χ0v) is 31.3. The van der Waals surface area contributed by atoms with E-state index in [1.165, 1.54) is 77.0 Å². The molecule has 4 fully saturated rings. The number of imide groups is 2. The van der Waals surface area contributed by atoms with E-state index in [1.807, 2.05) is 48.5 Å². The fourth-order valence-corrected chi connectivity index (χ4v) is 7.91. The summed E-state index contributed by atoms with van der Waals surface area (Å²) in [6.45, 7) is 1.51. The Kier molecular flexibility index (Phi) is 16.3. The van der Waals surface area contributed by atoms with Gasteiger partial charge in [0, 0.05) is 0 Å². The lowest BCUT2D eigenvalue weighted by Gasteiger charge is -2.21. The number of ether oxygens (including phenoxy) is 2. The summed E-state index contributed by atoms with van der Waals surface area (Å²) in [4.78, 5) is 46.2. The molecule has 8 nitrogen and oxygen atoms in total. The average Bonchev–Trinajstić information content (AvgIpc) is 3.60. The number of carbonyl (C=O) groups excluding carboxylic acids is 4. The quantitative estimate of drug-likeness (QED) is 0.127. The maximum Gasteiger partial charge on any atom is 0.290 e. The second-order valence-electron chi connectivity index (χ2n) is 12.8. The number of amides is 4. The Morgan fingerprint density at radius 3 is 1.27 bits per heavy atom. The van der Waals surface area contributed by atoms with Crippen LogP contribution in [0.2, 0.25) is 0 Å². The van der Waals surface area contributed by atoms with E-state index in [0.717, 1.165) is 84.0 Å². The highest BCUT2D eigenvalue weighted by atomic mass is 32.2. The predicted octanol–water partition coefficient (Wildman–Crippen LogP) is 9.56. The first kappa shape index (κ1) is 38.7. The van der Waals surface area contributed by atoms with Crippen LogP contribution < -0.4 is 20.1 Å². The van der Waals surface area contributed by atoms with Gasteiger partial charge in [-0.15, -0.1) is 0 Å². The maximum atomic E-state index is 11.5. The van der Waals surface area contributed by atoms with Crippen LogP contribution in [0.1, 0.15) is 101 Å². The molecule has 6 rings (SSSR count). The lowest BCUT2D eigenvalue weighted by Crippen LogP contribution is -2.17. The molecule has 2 aliphatic carbocycles. The second kappa shape index (κ2) is 20.6. The van der Waals surface area contributed by atoms with Gasteiger partial charge in [-0.25, -0.2) is 0 Å². The van der Waals surface area contributed by atoms with E-state index in [0.29, 0.717) is 9.81 Å². The molecular formula is C38H49N2O6PS2. The van der Waals surface area contributed by atoms with Crippen LogP contribution in [0.4, 0.5) is 9.59 Å². The first-order valence-corrected chi connectivity index (χ1v) is 19.0. The summed E-state index contributed by atoms with van der Waals surface area (Å²) in [7, 11) is 0. The van der Waals surface area contributed by atoms with Crippen molar-refractivity contribution in [2.24, 2.45) is 11.8 Å². The standard InChI is InChI=1S/2C19H23NO3S.H3P/c2*21-18-17(24-19(22)20-18)13-15-8-10-16(11-9-15)23-12-4-7-14-5-2-1-3-6-14;/h2*8-11,13-14H,1-7,12H2,(H,20,21,22);1H3. The molecule has 4 amide bonds. The molecule has 2 N–H and O–H groups in total. The Hall–Kier alpha value is -3.07. The van der Waals surface area contributed by atoms with Gasteiger partial charge in [0.15, 0.2) is 0 Å². The molecule has 0 radical (unpaired) electrons. The lowest BCUT2D eigenvalue weighted by atomic mass is 9.86. The minimum atomic E-state index is -0.326. The highest BCUT2D eigenvalue weighted by molar-refractivity contribution is 8.18. The summed E-state index contributed by atoms with van der Waals surface area (Å²) in [6.07, 6.45) is 22.1. The molecule has 1 unspecified atom stereocenters. The minimum Gasteiger partial charge on any atom is -0.494 e. The van der Waals surface area contributed by atoms with Crippen molar-refractivity contribution in [2.45, 2.75) is 89.9 Å². The average molecular weight is 725 g/mol. The fraction of sp³-hybridized carbons (Fsp3) is 0.474. The van der Waals surface area contributed by atoms with Crippen molar-refractivity contribution >= 4 is 67.9 Å². The first-order valence-electron chi connectivity index (χ1n) is 17.4. The Morgan fingerprint density at radius 2 is 0.939 bits per heavy atom. The molecule has 264 valence electrons. The van der Waals surface area contributed by atoms with Gasteiger partial charge in [-0.2, -0.15) is 9.90 Å². The number of rotatable bonds is 12. The molecule has 0 aromatic heterocycles. The van der Waals surface area contributed by atoms with Gasteiger partial charge in [-0.3, -0.25) is 29.8 Å². The number of thioether (sulfide) groups is 2. The van der Waals surface area contributed by atoms with E-state index >= 15 is 0 Å². The third-order valence-corrected chi connectivity index (χ3v) is 10.8. The highest BCUT2D eigenvalue weighted by Gasteiger charge is 2.25. The van der Waals surface area contributed by atoms with Gasteiger partial charge >= 0.3 is 0 Å². The number of hydrogen-bond donors (Lipinski definition) is 2. The molecule has 1 atom stereocenters. The van der Waals surface area contributed by atoms with Gasteiger partial charge in [-0.05, 0) is 109 Å². The van der Waals surface area contributed by atoms with Crippen LogP contribution >= 0.6 is 33.4 Å². The maximum absolute atomic E-state index is 11.5. The Balaban J connectivity index is 0.000000216. The predicted molar refractivity (Wildman–Crippen MR) is 205 cm³/mol. The minimum absolute atomic E-state index is 0. The molecule has 2 saturated carbocycles. The van der Waals surface area contributed by atoms with Crippen LogP contribution in [0.3, 0.4) is 0 Å². The monoisotopic (exact) mass is 724 g/mol. The van der Waals surface area contributed by atoms with Crippen LogP contribution in [0.25, 0.3) is 12.2 Å². The number of hydrogen-bond acceptors (Lipinski definition) is 8. The molecule has 11 heteroatoms. The molecule has 0 spiro atoms. The normalized spacial score (nSPS) is 20.0. The van der Waals surface area contributed by atoms with Crippen molar-refractivity contribution in [1.29, 1.82) is 0 Å². The van der Waals surface area contributed by atoms with Crippen LogP contribution in [0, 0.1) is 11.8 Å². The van der Waals surface area contributed by atoms with Gasteiger partial charge in [-0.1, -0.05) is 88.5 Å². The van der Waals surface area contributed by atoms with E-state index in [2.05, 4.69) is 10.6 Å². The largest absolute Gasteiger partial charge is 0.494 e. The molecule has 2 saturated heterocycles. The van der Waals surface area contributed by atoms with Crippen LogP contribution in [-0.4, -0.2) is 35.5 Å². The Bertz CT molecular complexity index is 1350. The molecule has 0 bridgehead atoms. The number of nitrogens with one attached hydrogen (secondary N) is 2. The van der Waals surface area contributed by atoms with E-state index in [1.54, 1.807) is 12.2 Å². The molecule has 2 aliphatic heterocycles. The highest BCUT2D eigenvalue weighted by Crippen LogP contribution is 2.30. The third-order valence-electron chi connectivity index (χ3n) is 9.14. The zero-order valence-electron chi connectivity index (χ0n) is 28.2. The number of benzene rings is 2. The van der Waals surface area contributed by atoms with Crippen LogP contribution in [0.15, 0.2) is 58.3 Å². The smallest absolute Gasteiger partial charge is 0.290 e. The summed E-state index contributed by atoms with van der Waals surface area (Å²) < 4.78 is 11.6. The SMILES string of the molecule is O=C1NC(=O)C(=Cc2ccc(OCCCC3CCCCC3)cc2)S1.O=C1NC(=O)C(=Cc2ccc(OCCCC3CCCCC3)cc2)S1.P. The van der Waals surface area contributed by atoms with Crippen molar-refractivity contribution in [1.82, 2.24) is 10.6 Å². The van der Waals surface area contributed by atoms with E-state index < -0.39 is 0 Å². The third kappa shape index (κ3) is 13.3. The van der Waals surface area contributed by atoms with Gasteiger partial charge in [0.2, 0.25) is 0 Å². The van der Waals surface area contributed by atoms with Gasteiger partial charge in [0.05, 0.1) is 23.0 Å². The fourth-order valence-electron chi connectivity index (χ4n) is 6.54. The summed E-state index contributed by atoms with van der Waals surface area (Å²) in [5, 5.41) is 3.87. The second-order valence-corrected chi connectivity index (χ2v) is 14.9. The van der Waals surface area contributed by atoms with Gasteiger partial charge in [0.25, 0.3) is 22.3 Å². The van der Waals surface area contributed by atoms with E-state index in [4.69, 9.17) is 9.47 Å². The summed E-state index contributed by atoms with van der Waals surface area (Å²) in [6, 6.07) is 15.2. The van der Waals surface area contributed by atoms with Crippen molar-refractivity contribution in [3.8, 4) is 11.5 Å². The zero-order chi connectivity index (χ0) is 33.6. The lowest BCUT2D eigenvalue weighted by molar-refractivity contribution is -0.116. The van der Waals surface area contributed by atoms with E-state index in [-0.39, 0.29) is 32.2 Å².